The highest BCUT2D eigenvalue weighted by atomic mass is 28.4. The minimum Gasteiger partial charge on any atom is -0.395 e. The van der Waals surface area contributed by atoms with E-state index in [1.54, 1.807) is 0 Å². The van der Waals surface area contributed by atoms with Crippen LogP contribution in [0.2, 0.25) is 24.7 Å². The van der Waals surface area contributed by atoms with E-state index in [1.807, 2.05) is 27.7 Å². The minimum absolute atomic E-state index is 0.780. The number of hydrogen-bond donors (Lipinski definition) is 0. The maximum Gasteiger partial charge on any atom is 0.337 e. The zero-order chi connectivity index (χ0) is 17.5. The Morgan fingerprint density at radius 2 is 0.955 bits per heavy atom. The highest BCUT2D eigenvalue weighted by molar-refractivity contribution is 6.67. The van der Waals surface area contributed by atoms with Gasteiger partial charge in [-0.1, -0.05) is 27.2 Å². The minimum atomic E-state index is -1.75. The molecule has 136 valence electrons. The lowest BCUT2D eigenvalue weighted by Gasteiger charge is -2.27. The zero-order valence-corrected chi connectivity index (χ0v) is 18.3. The second kappa shape index (κ2) is 14.8. The quantitative estimate of drug-likeness (QED) is 0.459. The summed E-state index contributed by atoms with van der Waals surface area (Å²) in [7, 11) is -3.49. The van der Waals surface area contributed by atoms with E-state index in [2.05, 4.69) is 27.3 Å². The standard InChI is InChI=1S/2C8H20O2Si/c1-5-8-11(4,9-6-2)10-7-3;1-5-9-11(7-3,8-4)10-6-2/h2*5-8H2,1-4H3. The summed E-state index contributed by atoms with van der Waals surface area (Å²) in [5, 5.41) is 0. The van der Waals surface area contributed by atoms with Crippen molar-refractivity contribution in [1.29, 1.82) is 0 Å². The average Bonchev–Trinajstić information content (AvgIpc) is 2.48. The van der Waals surface area contributed by atoms with Gasteiger partial charge in [0.15, 0.2) is 0 Å². The molecule has 6 heteroatoms. The molecule has 0 aromatic heterocycles. The van der Waals surface area contributed by atoms with E-state index in [0.717, 1.165) is 51.0 Å². The van der Waals surface area contributed by atoms with Crippen LogP contribution in [0.5, 0.6) is 0 Å². The van der Waals surface area contributed by atoms with Crippen molar-refractivity contribution in [3.05, 3.63) is 0 Å². The molecule has 0 heterocycles. The lowest BCUT2D eigenvalue weighted by Crippen LogP contribution is -2.40. The molecule has 0 N–H and O–H groups in total. The van der Waals surface area contributed by atoms with Gasteiger partial charge >= 0.3 is 17.1 Å². The highest BCUT2D eigenvalue weighted by Gasteiger charge is 2.32. The van der Waals surface area contributed by atoms with Gasteiger partial charge in [0.1, 0.15) is 0 Å². The Bertz CT molecular complexity index is 211. The molecule has 4 nitrogen and oxygen atoms in total. The second-order valence-corrected chi connectivity index (χ2v) is 12.4. The Balaban J connectivity index is 0. The largest absolute Gasteiger partial charge is 0.395 e. The van der Waals surface area contributed by atoms with Crippen LogP contribution in [0.15, 0.2) is 0 Å². The first kappa shape index (κ1) is 24.5. The molecule has 0 radical (unpaired) electrons. The molecular weight excluding hydrogens is 312 g/mol. The van der Waals surface area contributed by atoms with Crippen molar-refractivity contribution in [2.45, 2.75) is 79.6 Å². The first-order chi connectivity index (χ1) is 10.4. The first-order valence-electron chi connectivity index (χ1n) is 8.98. The van der Waals surface area contributed by atoms with Gasteiger partial charge in [0.2, 0.25) is 0 Å². The predicted molar refractivity (Wildman–Crippen MR) is 99.9 cm³/mol. The van der Waals surface area contributed by atoms with Gasteiger partial charge in [-0.05, 0) is 52.4 Å². The van der Waals surface area contributed by atoms with Crippen LogP contribution in [0, 0.1) is 0 Å². The monoisotopic (exact) mass is 352 g/mol. The Labute approximate surface area is 141 Å². The van der Waals surface area contributed by atoms with Crippen LogP contribution >= 0.6 is 0 Å². The predicted octanol–water partition coefficient (Wildman–Crippen LogP) is 5.08. The third-order valence-electron chi connectivity index (χ3n) is 3.50. The Morgan fingerprint density at radius 1 is 0.591 bits per heavy atom. The molecule has 0 bridgehead atoms. The van der Waals surface area contributed by atoms with Crippen molar-refractivity contribution in [2.75, 3.05) is 26.4 Å². The van der Waals surface area contributed by atoms with Crippen molar-refractivity contribution < 1.29 is 17.7 Å². The zero-order valence-electron chi connectivity index (χ0n) is 16.3. The maximum atomic E-state index is 5.68. The molecular formula is C16H40O4Si2. The Hall–Kier alpha value is 0.274. The maximum absolute atomic E-state index is 5.68. The summed E-state index contributed by atoms with van der Waals surface area (Å²) in [6.45, 7) is 19.9. The van der Waals surface area contributed by atoms with Crippen molar-refractivity contribution in [1.82, 2.24) is 0 Å². The van der Waals surface area contributed by atoms with Crippen LogP contribution < -0.4 is 0 Å². The number of hydrogen-bond acceptors (Lipinski definition) is 4. The summed E-state index contributed by atoms with van der Waals surface area (Å²) in [5.41, 5.74) is 0. The van der Waals surface area contributed by atoms with Crippen LogP contribution in [0.25, 0.3) is 0 Å². The van der Waals surface area contributed by atoms with E-state index in [1.165, 1.54) is 0 Å². The van der Waals surface area contributed by atoms with E-state index in [0.29, 0.717) is 0 Å². The first-order valence-corrected chi connectivity index (χ1v) is 13.7. The van der Waals surface area contributed by atoms with Crippen LogP contribution in [0.3, 0.4) is 0 Å². The van der Waals surface area contributed by atoms with E-state index in [9.17, 15) is 0 Å². The molecule has 0 saturated heterocycles. The fourth-order valence-electron chi connectivity index (χ4n) is 2.48. The molecule has 0 aliphatic heterocycles. The van der Waals surface area contributed by atoms with Gasteiger partial charge in [-0.25, -0.2) is 0 Å². The molecule has 0 amide bonds. The fourth-order valence-corrected chi connectivity index (χ4v) is 7.43. The summed E-state index contributed by atoms with van der Waals surface area (Å²) >= 11 is 0. The van der Waals surface area contributed by atoms with Crippen LogP contribution in [0.4, 0.5) is 0 Å². The Kier molecular flexibility index (Phi) is 16.5. The van der Waals surface area contributed by atoms with Crippen molar-refractivity contribution >= 4 is 17.1 Å². The summed E-state index contributed by atoms with van der Waals surface area (Å²) in [4.78, 5) is 0. The van der Waals surface area contributed by atoms with E-state index >= 15 is 0 Å². The van der Waals surface area contributed by atoms with Crippen molar-refractivity contribution in [3.63, 3.8) is 0 Å². The summed E-state index contributed by atoms with van der Waals surface area (Å²) in [5.74, 6) is 0. The van der Waals surface area contributed by atoms with Gasteiger partial charge in [0, 0.05) is 26.4 Å². The molecule has 0 rings (SSSR count). The number of rotatable bonds is 12. The molecule has 0 fully saturated rings. The Morgan fingerprint density at radius 3 is 1.18 bits per heavy atom. The second-order valence-electron chi connectivity index (χ2n) is 5.23. The van der Waals surface area contributed by atoms with Crippen molar-refractivity contribution in [3.8, 4) is 0 Å². The van der Waals surface area contributed by atoms with Gasteiger partial charge in [-0.3, -0.25) is 0 Å². The van der Waals surface area contributed by atoms with Crippen LogP contribution in [-0.2, 0) is 17.7 Å². The fraction of sp³-hybridized carbons (Fsp3) is 1.00. The summed E-state index contributed by atoms with van der Waals surface area (Å²) in [6.07, 6.45) is 1.16. The molecule has 0 atom stereocenters. The third-order valence-corrected chi connectivity index (χ3v) is 10.5. The molecule has 0 aliphatic rings. The summed E-state index contributed by atoms with van der Waals surface area (Å²) in [6, 6.07) is 3.23. The van der Waals surface area contributed by atoms with Crippen LogP contribution in [0.1, 0.15) is 54.9 Å². The molecule has 0 spiro atoms. The van der Waals surface area contributed by atoms with Gasteiger partial charge in [0.05, 0.1) is 0 Å². The van der Waals surface area contributed by atoms with Gasteiger partial charge in [-0.15, -0.1) is 0 Å². The lowest BCUT2D eigenvalue weighted by molar-refractivity contribution is 0.184. The topological polar surface area (TPSA) is 36.9 Å². The lowest BCUT2D eigenvalue weighted by atomic mass is 10.6. The van der Waals surface area contributed by atoms with Crippen LogP contribution in [-0.4, -0.2) is 43.5 Å². The van der Waals surface area contributed by atoms with Gasteiger partial charge in [-0.2, -0.15) is 0 Å². The van der Waals surface area contributed by atoms with E-state index in [-0.39, 0.29) is 0 Å². The van der Waals surface area contributed by atoms with Crippen molar-refractivity contribution in [2.24, 2.45) is 0 Å². The molecule has 22 heavy (non-hydrogen) atoms. The van der Waals surface area contributed by atoms with E-state index < -0.39 is 17.1 Å². The SMILES string of the molecule is CCC[Si](C)(OCC)OCC.CCO[Si](CC)(CC)OCC. The summed E-state index contributed by atoms with van der Waals surface area (Å²) < 4.78 is 22.6. The molecule has 0 aliphatic carbocycles. The molecule has 0 aromatic rings. The normalized spacial score (nSPS) is 12.0. The highest BCUT2D eigenvalue weighted by Crippen LogP contribution is 2.17. The van der Waals surface area contributed by atoms with Gasteiger partial charge < -0.3 is 17.7 Å². The smallest absolute Gasteiger partial charge is 0.337 e. The molecule has 0 aromatic carbocycles. The molecule has 0 saturated carbocycles. The molecule has 0 unspecified atom stereocenters. The third kappa shape index (κ3) is 10.9. The van der Waals surface area contributed by atoms with Gasteiger partial charge in [0.25, 0.3) is 0 Å². The average molecular weight is 353 g/mol. The van der Waals surface area contributed by atoms with E-state index in [4.69, 9.17) is 17.7 Å².